The fourth-order valence-electron chi connectivity index (χ4n) is 1.95. The van der Waals surface area contributed by atoms with Crippen molar-refractivity contribution in [2.24, 2.45) is 7.05 Å². The smallest absolute Gasteiger partial charge is 0.302 e. The fourth-order valence-corrected chi connectivity index (χ4v) is 4.04. The Labute approximate surface area is 122 Å². The topological polar surface area (TPSA) is 68.2 Å². The highest BCUT2D eigenvalue weighted by atomic mass is 32.2. The summed E-state index contributed by atoms with van der Waals surface area (Å²) in [7, 11) is -1.81. The number of aromatic nitrogens is 1. The number of hydrogen-bond donors (Lipinski definition) is 1. The number of sulfonamides is 1. The molecule has 5 nitrogen and oxygen atoms in total. The normalized spacial score (nSPS) is 12.1. The van der Waals surface area contributed by atoms with Gasteiger partial charge in [-0.2, -0.15) is 0 Å². The van der Waals surface area contributed by atoms with Crippen LogP contribution in [0.1, 0.15) is 26.2 Å². The van der Waals surface area contributed by atoms with Gasteiger partial charge >= 0.3 is 4.87 Å². The first-order valence-corrected chi connectivity index (χ1v) is 8.85. The van der Waals surface area contributed by atoms with Gasteiger partial charge in [0.2, 0.25) is 10.0 Å². The number of nitrogens with one attached hydrogen (secondary N) is 1. The summed E-state index contributed by atoms with van der Waals surface area (Å²) in [6.07, 6.45) is 2.88. The Morgan fingerprint density at radius 3 is 2.75 bits per heavy atom. The molecule has 0 aliphatic heterocycles. The summed E-state index contributed by atoms with van der Waals surface area (Å²) in [5.41, 5.74) is 0.755. The Kier molecular flexibility index (Phi) is 4.62. The van der Waals surface area contributed by atoms with Crippen LogP contribution in [0.5, 0.6) is 0 Å². The van der Waals surface area contributed by atoms with Crippen LogP contribution in [0, 0.1) is 0 Å². The highest BCUT2D eigenvalue weighted by Gasteiger charge is 2.15. The molecule has 2 aromatic rings. The van der Waals surface area contributed by atoms with Crippen molar-refractivity contribution < 1.29 is 8.42 Å². The zero-order valence-corrected chi connectivity index (χ0v) is 13.2. The van der Waals surface area contributed by atoms with E-state index >= 15 is 0 Å². The van der Waals surface area contributed by atoms with E-state index in [4.69, 9.17) is 0 Å². The Bertz CT molecular complexity index is 760. The second-order valence-corrected chi connectivity index (χ2v) is 7.42. The van der Waals surface area contributed by atoms with Gasteiger partial charge in [0.05, 0.1) is 15.1 Å². The molecule has 0 aliphatic carbocycles. The molecule has 0 amide bonds. The van der Waals surface area contributed by atoms with Crippen molar-refractivity contribution in [3.05, 3.63) is 27.9 Å². The first-order chi connectivity index (χ1) is 9.45. The van der Waals surface area contributed by atoms with Gasteiger partial charge in [0.15, 0.2) is 0 Å². The van der Waals surface area contributed by atoms with Crippen LogP contribution in [0.3, 0.4) is 0 Å². The standard InChI is InChI=1S/C13H18N2O3S2/c1-3-4-5-8-14-20(17,18)10-6-7-11-12(9-10)19-13(16)15(11)2/h6-7,9,14H,3-5,8H2,1-2H3. The quantitative estimate of drug-likeness (QED) is 0.830. The van der Waals surface area contributed by atoms with E-state index in [1.807, 2.05) is 0 Å². The molecule has 0 fully saturated rings. The lowest BCUT2D eigenvalue weighted by Crippen LogP contribution is -2.24. The molecule has 0 saturated carbocycles. The largest absolute Gasteiger partial charge is 0.307 e. The third-order valence-electron chi connectivity index (χ3n) is 3.15. The molecular formula is C13H18N2O3S2. The van der Waals surface area contributed by atoms with Gasteiger partial charge in [0.1, 0.15) is 0 Å². The second kappa shape index (κ2) is 6.07. The summed E-state index contributed by atoms with van der Waals surface area (Å²) in [6, 6.07) is 4.77. The van der Waals surface area contributed by atoms with Crippen LogP contribution in [0.4, 0.5) is 0 Å². The summed E-state index contributed by atoms with van der Waals surface area (Å²) >= 11 is 1.06. The molecule has 2 rings (SSSR count). The first-order valence-electron chi connectivity index (χ1n) is 6.55. The third-order valence-corrected chi connectivity index (χ3v) is 5.60. The molecule has 1 N–H and O–H groups in total. The minimum absolute atomic E-state index is 0.0922. The predicted octanol–water partition coefficient (Wildman–Crippen LogP) is 2.07. The molecule has 0 bridgehead atoms. The van der Waals surface area contributed by atoms with Crippen LogP contribution >= 0.6 is 11.3 Å². The molecule has 0 aliphatic rings. The molecule has 7 heteroatoms. The van der Waals surface area contributed by atoms with Crippen LogP contribution in [-0.2, 0) is 17.1 Å². The van der Waals surface area contributed by atoms with E-state index in [9.17, 15) is 13.2 Å². The molecule has 0 radical (unpaired) electrons. The average molecular weight is 314 g/mol. The van der Waals surface area contributed by atoms with Gasteiger partial charge in [-0.3, -0.25) is 4.79 Å². The van der Waals surface area contributed by atoms with Crippen LogP contribution in [0.2, 0.25) is 0 Å². The molecule has 1 aromatic heterocycles. The number of aryl methyl sites for hydroxylation is 1. The summed E-state index contributed by atoms with van der Waals surface area (Å²) in [5, 5.41) is 0. The van der Waals surface area contributed by atoms with E-state index in [0.29, 0.717) is 11.2 Å². The van der Waals surface area contributed by atoms with E-state index in [-0.39, 0.29) is 9.77 Å². The molecule has 0 unspecified atom stereocenters. The van der Waals surface area contributed by atoms with Gasteiger partial charge in [-0.15, -0.1) is 0 Å². The monoisotopic (exact) mass is 314 g/mol. The fraction of sp³-hybridized carbons (Fsp3) is 0.462. The van der Waals surface area contributed by atoms with Gasteiger partial charge in [-0.05, 0) is 24.6 Å². The second-order valence-electron chi connectivity index (χ2n) is 4.66. The van der Waals surface area contributed by atoms with E-state index in [1.165, 1.54) is 10.6 Å². The maximum atomic E-state index is 12.1. The molecule has 1 heterocycles. The Balaban J connectivity index is 2.26. The Hall–Kier alpha value is -1.18. The lowest BCUT2D eigenvalue weighted by Gasteiger charge is -2.06. The van der Waals surface area contributed by atoms with Crippen molar-refractivity contribution in [1.82, 2.24) is 9.29 Å². The number of rotatable bonds is 6. The van der Waals surface area contributed by atoms with Gasteiger partial charge in [-0.25, -0.2) is 13.1 Å². The predicted molar refractivity (Wildman–Crippen MR) is 81.8 cm³/mol. The van der Waals surface area contributed by atoms with Gasteiger partial charge in [-0.1, -0.05) is 31.1 Å². The van der Waals surface area contributed by atoms with Gasteiger partial charge in [0.25, 0.3) is 0 Å². The number of hydrogen-bond acceptors (Lipinski definition) is 4. The number of thiazole rings is 1. The Morgan fingerprint density at radius 1 is 1.30 bits per heavy atom. The number of fused-ring (bicyclic) bond motifs is 1. The van der Waals surface area contributed by atoms with E-state index in [1.54, 1.807) is 19.2 Å². The van der Waals surface area contributed by atoms with E-state index < -0.39 is 10.0 Å². The van der Waals surface area contributed by atoms with Gasteiger partial charge < -0.3 is 4.57 Å². The molecule has 0 atom stereocenters. The molecule has 20 heavy (non-hydrogen) atoms. The highest BCUT2D eigenvalue weighted by molar-refractivity contribution is 7.89. The number of nitrogens with zero attached hydrogens (tertiary/aromatic N) is 1. The van der Waals surface area contributed by atoms with Crippen molar-refractivity contribution in [2.45, 2.75) is 31.1 Å². The zero-order chi connectivity index (χ0) is 14.8. The number of unbranched alkanes of at least 4 members (excludes halogenated alkanes) is 2. The van der Waals surface area contributed by atoms with Crippen LogP contribution in [0.25, 0.3) is 10.2 Å². The molecule has 0 spiro atoms. The van der Waals surface area contributed by atoms with Crippen molar-refractivity contribution in [2.75, 3.05) is 6.54 Å². The van der Waals surface area contributed by atoms with Crippen LogP contribution < -0.4 is 9.60 Å². The lowest BCUT2D eigenvalue weighted by molar-refractivity contribution is 0.576. The SMILES string of the molecule is CCCCCNS(=O)(=O)c1ccc2c(c1)sc(=O)n2C. The van der Waals surface area contributed by atoms with E-state index in [0.717, 1.165) is 36.1 Å². The molecule has 0 saturated heterocycles. The number of benzene rings is 1. The molecule has 1 aromatic carbocycles. The average Bonchev–Trinajstić information content (AvgIpc) is 2.70. The molecule has 110 valence electrons. The maximum Gasteiger partial charge on any atom is 0.307 e. The minimum atomic E-state index is -3.49. The maximum absolute atomic E-state index is 12.1. The lowest BCUT2D eigenvalue weighted by atomic mass is 10.3. The molecular weight excluding hydrogens is 296 g/mol. The van der Waals surface area contributed by atoms with E-state index in [2.05, 4.69) is 11.6 Å². The van der Waals surface area contributed by atoms with Crippen molar-refractivity contribution in [3.63, 3.8) is 0 Å². The van der Waals surface area contributed by atoms with Crippen LogP contribution in [-0.4, -0.2) is 19.5 Å². The third kappa shape index (κ3) is 3.11. The van der Waals surface area contributed by atoms with Crippen LogP contribution in [0.15, 0.2) is 27.9 Å². The minimum Gasteiger partial charge on any atom is -0.302 e. The highest BCUT2D eigenvalue weighted by Crippen LogP contribution is 2.20. The summed E-state index contributed by atoms with van der Waals surface area (Å²) < 4.78 is 29.1. The van der Waals surface area contributed by atoms with Crippen molar-refractivity contribution in [3.8, 4) is 0 Å². The summed E-state index contributed by atoms with van der Waals surface area (Å²) in [4.78, 5) is 11.7. The summed E-state index contributed by atoms with van der Waals surface area (Å²) in [5.74, 6) is 0. The summed E-state index contributed by atoms with van der Waals surface area (Å²) in [6.45, 7) is 2.51. The van der Waals surface area contributed by atoms with Crippen molar-refractivity contribution in [1.29, 1.82) is 0 Å². The van der Waals surface area contributed by atoms with Crippen molar-refractivity contribution >= 4 is 31.6 Å². The van der Waals surface area contributed by atoms with Gasteiger partial charge in [0, 0.05) is 13.6 Å². The first kappa shape index (κ1) is 15.2. The Morgan fingerprint density at radius 2 is 2.05 bits per heavy atom. The zero-order valence-electron chi connectivity index (χ0n) is 11.5.